The molecule has 0 spiro atoms. The number of carbonyl (C=O) groups is 1. The van der Waals surface area contributed by atoms with E-state index in [1.165, 1.54) is 0 Å². The quantitative estimate of drug-likeness (QED) is 0.793. The molecule has 2 aliphatic rings. The largest absolute Gasteiger partial charge is 0.444 e. The zero-order chi connectivity index (χ0) is 18.6. The SMILES string of the molecule is CCCN(C(=O)OC(C)(C)C)[C@H](CC)CN1[C@@H]2COC[C@H]1CC(O)C2. The third-order valence-electron chi connectivity index (χ3n) is 5.07. The Morgan fingerprint density at radius 3 is 2.36 bits per heavy atom. The Kier molecular flexibility index (Phi) is 7.11. The molecule has 1 N–H and O–H groups in total. The molecule has 25 heavy (non-hydrogen) atoms. The summed E-state index contributed by atoms with van der Waals surface area (Å²) in [7, 11) is 0. The van der Waals surface area contributed by atoms with Gasteiger partial charge in [0.25, 0.3) is 0 Å². The highest BCUT2D eigenvalue weighted by molar-refractivity contribution is 5.68. The first-order chi connectivity index (χ1) is 11.7. The minimum absolute atomic E-state index is 0.119. The fraction of sp³-hybridized carbons (Fsp3) is 0.947. The highest BCUT2D eigenvalue weighted by atomic mass is 16.6. The number of hydrogen-bond donors (Lipinski definition) is 1. The van der Waals surface area contributed by atoms with Gasteiger partial charge in [0.15, 0.2) is 0 Å². The van der Waals surface area contributed by atoms with Crippen molar-refractivity contribution in [2.45, 2.75) is 90.1 Å². The Balaban J connectivity index is 2.08. The number of hydrogen-bond acceptors (Lipinski definition) is 5. The highest BCUT2D eigenvalue weighted by Crippen LogP contribution is 2.29. The van der Waals surface area contributed by atoms with E-state index in [1.807, 2.05) is 25.7 Å². The minimum atomic E-state index is -0.485. The zero-order valence-electron chi connectivity index (χ0n) is 16.5. The summed E-state index contributed by atoms with van der Waals surface area (Å²) in [4.78, 5) is 17.1. The van der Waals surface area contributed by atoms with Gasteiger partial charge in [-0.25, -0.2) is 4.79 Å². The van der Waals surface area contributed by atoms with Crippen molar-refractivity contribution in [3.05, 3.63) is 0 Å². The van der Waals surface area contributed by atoms with E-state index in [0.717, 1.165) is 32.2 Å². The lowest BCUT2D eigenvalue weighted by Gasteiger charge is -2.49. The lowest BCUT2D eigenvalue weighted by atomic mass is 9.91. The van der Waals surface area contributed by atoms with Gasteiger partial charge in [-0.1, -0.05) is 13.8 Å². The van der Waals surface area contributed by atoms with Crippen molar-refractivity contribution in [1.82, 2.24) is 9.80 Å². The van der Waals surface area contributed by atoms with E-state index in [0.29, 0.717) is 19.8 Å². The van der Waals surface area contributed by atoms with E-state index in [4.69, 9.17) is 9.47 Å². The molecule has 1 unspecified atom stereocenters. The van der Waals surface area contributed by atoms with Crippen LogP contribution in [-0.4, -0.2) is 77.1 Å². The number of aliphatic hydroxyl groups excluding tert-OH is 1. The molecular weight excluding hydrogens is 320 g/mol. The van der Waals surface area contributed by atoms with Crippen LogP contribution in [-0.2, 0) is 9.47 Å². The molecular formula is C19H36N2O4. The molecule has 6 nitrogen and oxygen atoms in total. The third kappa shape index (κ3) is 5.56. The molecule has 0 aromatic heterocycles. The molecule has 0 aromatic carbocycles. The monoisotopic (exact) mass is 356 g/mol. The molecule has 1 amide bonds. The summed E-state index contributed by atoms with van der Waals surface area (Å²) in [5.74, 6) is 0. The van der Waals surface area contributed by atoms with Crippen LogP contribution in [0.3, 0.4) is 0 Å². The molecule has 2 bridgehead atoms. The average Bonchev–Trinajstić information content (AvgIpc) is 2.49. The second-order valence-corrected chi connectivity index (χ2v) is 8.40. The number of rotatable bonds is 6. The molecule has 146 valence electrons. The fourth-order valence-corrected chi connectivity index (χ4v) is 3.93. The molecule has 6 heteroatoms. The van der Waals surface area contributed by atoms with E-state index in [1.54, 1.807) is 0 Å². The van der Waals surface area contributed by atoms with E-state index in [2.05, 4.69) is 18.7 Å². The number of nitrogens with zero attached hydrogens (tertiary/aromatic N) is 2. The number of fused-ring (bicyclic) bond motifs is 2. The van der Waals surface area contributed by atoms with Gasteiger partial charge in [0, 0.05) is 31.2 Å². The Morgan fingerprint density at radius 2 is 1.88 bits per heavy atom. The Labute approximate surface area is 152 Å². The van der Waals surface area contributed by atoms with E-state index < -0.39 is 5.60 Å². The first kappa shape index (κ1) is 20.5. The van der Waals surface area contributed by atoms with Gasteiger partial charge in [-0.2, -0.15) is 0 Å². The topological polar surface area (TPSA) is 62.2 Å². The zero-order valence-corrected chi connectivity index (χ0v) is 16.5. The number of ether oxygens (including phenoxy) is 2. The molecule has 2 rings (SSSR count). The van der Waals surface area contributed by atoms with Crippen molar-refractivity contribution in [3.8, 4) is 0 Å². The van der Waals surface area contributed by atoms with Crippen LogP contribution >= 0.6 is 0 Å². The summed E-state index contributed by atoms with van der Waals surface area (Å²) in [5, 5.41) is 10.1. The summed E-state index contributed by atoms with van der Waals surface area (Å²) in [6, 6.07) is 0.616. The van der Waals surface area contributed by atoms with E-state index in [-0.39, 0.29) is 30.3 Å². The smallest absolute Gasteiger partial charge is 0.410 e. The van der Waals surface area contributed by atoms with Gasteiger partial charge >= 0.3 is 6.09 Å². The molecule has 0 saturated carbocycles. The van der Waals surface area contributed by atoms with Crippen LogP contribution in [0.25, 0.3) is 0 Å². The van der Waals surface area contributed by atoms with Crippen molar-refractivity contribution < 1.29 is 19.4 Å². The van der Waals surface area contributed by atoms with Crippen LogP contribution in [0.5, 0.6) is 0 Å². The predicted molar refractivity (Wildman–Crippen MR) is 97.7 cm³/mol. The summed E-state index contributed by atoms with van der Waals surface area (Å²) in [5.41, 5.74) is -0.485. The second-order valence-electron chi connectivity index (χ2n) is 8.40. The van der Waals surface area contributed by atoms with Gasteiger partial charge < -0.3 is 19.5 Å². The van der Waals surface area contributed by atoms with Gasteiger partial charge in [0.2, 0.25) is 0 Å². The van der Waals surface area contributed by atoms with Crippen LogP contribution in [0.1, 0.15) is 60.3 Å². The van der Waals surface area contributed by atoms with Crippen LogP contribution in [0, 0.1) is 0 Å². The maximum Gasteiger partial charge on any atom is 0.410 e. The average molecular weight is 357 g/mol. The standard InChI is InChI=1S/C19H36N2O4/c1-6-8-20(18(23)25-19(3,4)5)14(7-2)11-21-15-9-17(22)10-16(21)13-24-12-15/h14-17,22H,6-13H2,1-5H3/t14-,15-,16+,17?/m1/s1. The minimum Gasteiger partial charge on any atom is -0.444 e. The normalized spacial score (nSPS) is 28.5. The fourth-order valence-electron chi connectivity index (χ4n) is 3.93. The number of carbonyl (C=O) groups excluding carboxylic acids is 1. The Morgan fingerprint density at radius 1 is 1.28 bits per heavy atom. The first-order valence-electron chi connectivity index (χ1n) is 9.76. The van der Waals surface area contributed by atoms with E-state index >= 15 is 0 Å². The molecule has 0 aromatic rings. The number of aliphatic hydroxyl groups is 1. The van der Waals surface area contributed by atoms with Gasteiger partial charge in [-0.3, -0.25) is 4.90 Å². The molecule has 2 aliphatic heterocycles. The third-order valence-corrected chi connectivity index (χ3v) is 5.07. The number of piperidine rings is 1. The molecule has 2 fully saturated rings. The number of amides is 1. The van der Waals surface area contributed by atoms with Crippen LogP contribution in [0.15, 0.2) is 0 Å². The van der Waals surface area contributed by atoms with Crippen molar-refractivity contribution in [2.24, 2.45) is 0 Å². The molecule has 2 saturated heterocycles. The summed E-state index contributed by atoms with van der Waals surface area (Å²) in [6.07, 6.45) is 2.86. The van der Waals surface area contributed by atoms with E-state index in [9.17, 15) is 9.90 Å². The molecule has 0 radical (unpaired) electrons. The molecule has 0 aliphatic carbocycles. The van der Waals surface area contributed by atoms with Gasteiger partial charge in [0.05, 0.1) is 19.3 Å². The number of morpholine rings is 1. The van der Waals surface area contributed by atoms with Crippen molar-refractivity contribution in [2.75, 3.05) is 26.3 Å². The van der Waals surface area contributed by atoms with Gasteiger partial charge in [0.1, 0.15) is 5.60 Å². The second kappa shape index (κ2) is 8.69. The lowest BCUT2D eigenvalue weighted by Crippen LogP contribution is -2.61. The predicted octanol–water partition coefficient (Wildman–Crippen LogP) is 2.64. The summed E-state index contributed by atoms with van der Waals surface area (Å²) in [6.45, 7) is 12.8. The maximum absolute atomic E-state index is 12.7. The first-order valence-corrected chi connectivity index (χ1v) is 9.76. The van der Waals surface area contributed by atoms with Crippen molar-refractivity contribution >= 4 is 6.09 Å². The maximum atomic E-state index is 12.7. The summed E-state index contributed by atoms with van der Waals surface area (Å²) < 4.78 is 11.3. The van der Waals surface area contributed by atoms with Crippen molar-refractivity contribution in [3.63, 3.8) is 0 Å². The molecule has 2 heterocycles. The van der Waals surface area contributed by atoms with Gasteiger partial charge in [-0.05, 0) is 46.5 Å². The highest BCUT2D eigenvalue weighted by Gasteiger charge is 2.40. The molecule has 4 atom stereocenters. The van der Waals surface area contributed by atoms with Crippen molar-refractivity contribution in [1.29, 1.82) is 0 Å². The Bertz CT molecular complexity index is 424. The van der Waals surface area contributed by atoms with Crippen LogP contribution in [0.2, 0.25) is 0 Å². The van der Waals surface area contributed by atoms with Gasteiger partial charge in [-0.15, -0.1) is 0 Å². The Hall–Kier alpha value is -0.850. The summed E-state index contributed by atoms with van der Waals surface area (Å²) >= 11 is 0. The lowest BCUT2D eigenvalue weighted by molar-refractivity contribution is -0.111. The van der Waals surface area contributed by atoms with Crippen LogP contribution < -0.4 is 0 Å². The van der Waals surface area contributed by atoms with Crippen LogP contribution in [0.4, 0.5) is 4.79 Å².